The van der Waals surface area contributed by atoms with Crippen molar-refractivity contribution in [1.82, 2.24) is 4.31 Å². The van der Waals surface area contributed by atoms with Crippen molar-refractivity contribution in [2.75, 3.05) is 23.7 Å². The van der Waals surface area contributed by atoms with Crippen LogP contribution < -0.4 is 15.4 Å². The average molecular weight is 494 g/mol. The fourth-order valence-electron chi connectivity index (χ4n) is 3.86. The van der Waals surface area contributed by atoms with Gasteiger partial charge >= 0.3 is 0 Å². The first kappa shape index (κ1) is 24.4. The lowest BCUT2D eigenvalue weighted by Gasteiger charge is -2.26. The molecule has 1 heterocycles. The van der Waals surface area contributed by atoms with Crippen LogP contribution in [-0.4, -0.2) is 37.6 Å². The van der Waals surface area contributed by atoms with Crippen LogP contribution in [0.5, 0.6) is 11.5 Å². The third-order valence-electron chi connectivity index (χ3n) is 5.57. The summed E-state index contributed by atoms with van der Waals surface area (Å²) in [5, 5.41) is 5.43. The molecule has 0 atom stereocenters. The fraction of sp³-hybridized carbons (Fsp3) is 0.231. The summed E-state index contributed by atoms with van der Waals surface area (Å²) >= 11 is 0. The summed E-state index contributed by atoms with van der Waals surface area (Å²) in [6.07, 6.45) is 2.65. The van der Waals surface area contributed by atoms with E-state index >= 15 is 0 Å². The minimum Gasteiger partial charge on any atom is -0.455 e. The van der Waals surface area contributed by atoms with E-state index in [-0.39, 0.29) is 16.5 Å². The predicted molar refractivity (Wildman–Crippen MR) is 134 cm³/mol. The second-order valence-corrected chi connectivity index (χ2v) is 10.2. The van der Waals surface area contributed by atoms with Crippen LogP contribution in [0, 0.1) is 0 Å². The third kappa shape index (κ3) is 6.06. The summed E-state index contributed by atoms with van der Waals surface area (Å²) in [6, 6.07) is 20.0. The Labute approximate surface area is 205 Å². The first-order chi connectivity index (χ1) is 16.8. The van der Waals surface area contributed by atoms with E-state index in [1.54, 1.807) is 42.5 Å². The number of benzene rings is 3. The Morgan fingerprint density at radius 2 is 1.60 bits per heavy atom. The van der Waals surface area contributed by atoms with E-state index in [1.165, 1.54) is 23.4 Å². The van der Waals surface area contributed by atoms with Crippen molar-refractivity contribution in [1.29, 1.82) is 0 Å². The molecule has 2 amide bonds. The number of amides is 2. The molecule has 0 aromatic heterocycles. The van der Waals surface area contributed by atoms with Crippen molar-refractivity contribution in [3.05, 3.63) is 78.4 Å². The number of carbonyl (C=O) groups is 2. The van der Waals surface area contributed by atoms with Gasteiger partial charge in [0.25, 0.3) is 5.91 Å². The van der Waals surface area contributed by atoms with E-state index in [9.17, 15) is 18.0 Å². The fourth-order valence-corrected chi connectivity index (χ4v) is 5.41. The molecular weight excluding hydrogens is 466 g/mol. The summed E-state index contributed by atoms with van der Waals surface area (Å²) < 4.78 is 33.9. The van der Waals surface area contributed by atoms with Gasteiger partial charge in [0.15, 0.2) is 5.75 Å². The molecule has 0 radical (unpaired) electrons. The number of piperidine rings is 1. The van der Waals surface area contributed by atoms with Gasteiger partial charge in [-0.1, -0.05) is 30.7 Å². The van der Waals surface area contributed by atoms with Crippen LogP contribution in [0.4, 0.5) is 11.4 Å². The van der Waals surface area contributed by atoms with Crippen molar-refractivity contribution < 1.29 is 22.7 Å². The largest absolute Gasteiger partial charge is 0.455 e. The molecule has 2 N–H and O–H groups in total. The summed E-state index contributed by atoms with van der Waals surface area (Å²) in [5.74, 6) is 0.127. The first-order valence-corrected chi connectivity index (χ1v) is 12.8. The monoisotopic (exact) mass is 493 g/mol. The zero-order valence-corrected chi connectivity index (χ0v) is 20.2. The normalized spacial score (nSPS) is 14.2. The van der Waals surface area contributed by atoms with Crippen molar-refractivity contribution in [2.24, 2.45) is 0 Å². The molecule has 0 saturated carbocycles. The molecule has 182 valence electrons. The molecule has 0 unspecified atom stereocenters. The highest BCUT2D eigenvalue weighted by Gasteiger charge is 2.27. The summed E-state index contributed by atoms with van der Waals surface area (Å²) in [7, 11) is -3.72. The molecule has 3 aromatic carbocycles. The van der Waals surface area contributed by atoms with Gasteiger partial charge < -0.3 is 15.4 Å². The molecule has 1 aliphatic heterocycles. The number of rotatable bonds is 7. The number of nitrogens with one attached hydrogen (secondary N) is 2. The minimum absolute atomic E-state index is 0.0853. The second-order valence-electron chi connectivity index (χ2n) is 8.25. The van der Waals surface area contributed by atoms with Gasteiger partial charge in [-0.15, -0.1) is 0 Å². The lowest BCUT2D eigenvalue weighted by molar-refractivity contribution is -0.114. The smallest absolute Gasteiger partial charge is 0.255 e. The van der Waals surface area contributed by atoms with Crippen molar-refractivity contribution in [3.63, 3.8) is 0 Å². The zero-order valence-electron chi connectivity index (χ0n) is 19.4. The van der Waals surface area contributed by atoms with Crippen molar-refractivity contribution >= 4 is 33.2 Å². The van der Waals surface area contributed by atoms with Gasteiger partial charge in [0.05, 0.1) is 10.6 Å². The molecule has 0 spiro atoms. The van der Waals surface area contributed by atoms with E-state index < -0.39 is 15.9 Å². The van der Waals surface area contributed by atoms with Gasteiger partial charge in [-0.3, -0.25) is 9.59 Å². The van der Waals surface area contributed by atoms with Crippen LogP contribution in [0.3, 0.4) is 0 Å². The van der Waals surface area contributed by atoms with Crippen LogP contribution in [0.2, 0.25) is 0 Å². The highest BCUT2D eigenvalue weighted by atomic mass is 32.2. The molecule has 1 fully saturated rings. The van der Waals surface area contributed by atoms with E-state index in [0.717, 1.165) is 19.3 Å². The number of anilines is 2. The predicted octanol–water partition coefficient (Wildman–Crippen LogP) is 4.86. The maximum absolute atomic E-state index is 13.2. The number of nitrogens with zero attached hydrogens (tertiary/aromatic N) is 1. The average Bonchev–Trinajstić information content (AvgIpc) is 2.86. The Balaban J connectivity index is 1.67. The first-order valence-electron chi connectivity index (χ1n) is 11.4. The van der Waals surface area contributed by atoms with Crippen LogP contribution in [-0.2, 0) is 14.8 Å². The Morgan fingerprint density at radius 1 is 0.857 bits per heavy atom. The summed E-state index contributed by atoms with van der Waals surface area (Å²) in [6.45, 7) is 2.33. The number of sulfonamides is 1. The molecular formula is C26H27N3O5S. The van der Waals surface area contributed by atoms with E-state index in [1.807, 2.05) is 18.2 Å². The molecule has 1 aliphatic rings. The molecule has 4 rings (SSSR count). The van der Waals surface area contributed by atoms with Crippen molar-refractivity contribution in [2.45, 2.75) is 31.1 Å². The van der Waals surface area contributed by atoms with E-state index in [4.69, 9.17) is 4.74 Å². The Hall–Kier alpha value is -3.69. The van der Waals surface area contributed by atoms with Crippen molar-refractivity contribution in [3.8, 4) is 11.5 Å². The maximum atomic E-state index is 13.2. The minimum atomic E-state index is -3.72. The zero-order chi connectivity index (χ0) is 24.8. The molecule has 35 heavy (non-hydrogen) atoms. The Bertz CT molecular complexity index is 1320. The number of hydrogen-bond donors (Lipinski definition) is 2. The van der Waals surface area contributed by atoms with Crippen LogP contribution in [0.15, 0.2) is 77.7 Å². The lowest BCUT2D eigenvalue weighted by Crippen LogP contribution is -2.35. The van der Waals surface area contributed by atoms with Gasteiger partial charge in [0.2, 0.25) is 15.9 Å². The number of ether oxygens (including phenoxy) is 1. The molecule has 1 saturated heterocycles. The highest BCUT2D eigenvalue weighted by Crippen LogP contribution is 2.33. The number of hydrogen-bond acceptors (Lipinski definition) is 5. The SMILES string of the molecule is CC(=O)Nc1cccc(C(=O)Nc2cc(S(=O)(=O)N3CCCCC3)ccc2Oc2ccccc2)c1. The van der Waals surface area contributed by atoms with Gasteiger partial charge in [-0.05, 0) is 61.4 Å². The highest BCUT2D eigenvalue weighted by molar-refractivity contribution is 7.89. The molecule has 0 bridgehead atoms. The number of para-hydroxylation sites is 1. The molecule has 8 nitrogen and oxygen atoms in total. The third-order valence-corrected chi connectivity index (χ3v) is 7.46. The van der Waals surface area contributed by atoms with Gasteiger partial charge in [0.1, 0.15) is 5.75 Å². The number of carbonyl (C=O) groups excluding carboxylic acids is 2. The van der Waals surface area contributed by atoms with Crippen LogP contribution in [0.25, 0.3) is 0 Å². The summed E-state index contributed by atoms with van der Waals surface area (Å²) in [5.41, 5.74) is 1.00. The Kier molecular flexibility index (Phi) is 7.48. The molecule has 9 heteroatoms. The van der Waals surface area contributed by atoms with E-state index in [0.29, 0.717) is 35.8 Å². The summed E-state index contributed by atoms with van der Waals surface area (Å²) in [4.78, 5) is 24.5. The van der Waals surface area contributed by atoms with Crippen LogP contribution in [0.1, 0.15) is 36.5 Å². The van der Waals surface area contributed by atoms with Crippen LogP contribution >= 0.6 is 0 Å². The Morgan fingerprint density at radius 3 is 2.31 bits per heavy atom. The maximum Gasteiger partial charge on any atom is 0.255 e. The lowest BCUT2D eigenvalue weighted by atomic mass is 10.1. The van der Waals surface area contributed by atoms with E-state index in [2.05, 4.69) is 10.6 Å². The topological polar surface area (TPSA) is 105 Å². The quantitative estimate of drug-likeness (QED) is 0.489. The van der Waals surface area contributed by atoms with Gasteiger partial charge in [-0.2, -0.15) is 4.31 Å². The molecule has 0 aliphatic carbocycles. The molecule has 3 aromatic rings. The standard InChI is InChI=1S/C26H27N3O5S/c1-19(30)27-21-10-8-9-20(17-21)26(31)28-24-18-23(35(32,33)29-15-6-3-7-16-29)13-14-25(24)34-22-11-4-2-5-12-22/h2,4-5,8-14,17-18H,3,6-7,15-16H2,1H3,(H,27,30)(H,28,31). The van der Waals surface area contributed by atoms with Gasteiger partial charge in [-0.25, -0.2) is 8.42 Å². The second kappa shape index (κ2) is 10.7. The van der Waals surface area contributed by atoms with Gasteiger partial charge in [0, 0.05) is 31.3 Å².